The molecule has 0 aliphatic carbocycles. The molecule has 0 bridgehead atoms. The van der Waals surface area contributed by atoms with Gasteiger partial charge in [0.1, 0.15) is 0 Å². The largest absolute Gasteiger partial charge is 0.349 e. The van der Waals surface area contributed by atoms with Crippen molar-refractivity contribution in [3.8, 4) is 0 Å². The standard InChI is InChI=1S/C19H21Cl2NOS/c1-12-7-8-15(9-13(12)2)14(3)22-19(23)11-24-10-16-17(20)5-4-6-18(16)21/h4-9,14H,10-11H2,1-3H3,(H,22,23)/t14-/m0/s1. The van der Waals surface area contributed by atoms with Crippen LogP contribution in [0, 0.1) is 13.8 Å². The van der Waals surface area contributed by atoms with Gasteiger partial charge in [0.2, 0.25) is 5.91 Å². The van der Waals surface area contributed by atoms with E-state index in [0.717, 1.165) is 11.1 Å². The van der Waals surface area contributed by atoms with Crippen molar-refractivity contribution in [1.29, 1.82) is 0 Å². The molecule has 2 rings (SSSR count). The SMILES string of the molecule is Cc1ccc([C@H](C)NC(=O)CSCc2c(Cl)cccc2Cl)cc1C. The minimum atomic E-state index is -0.0127. The zero-order valence-electron chi connectivity index (χ0n) is 14.0. The fourth-order valence-electron chi connectivity index (χ4n) is 2.32. The topological polar surface area (TPSA) is 29.1 Å². The molecule has 5 heteroatoms. The Bertz CT molecular complexity index is 713. The lowest BCUT2D eigenvalue weighted by Gasteiger charge is -2.16. The summed E-state index contributed by atoms with van der Waals surface area (Å²) in [7, 11) is 0. The van der Waals surface area contributed by atoms with Crippen molar-refractivity contribution < 1.29 is 4.79 Å². The fraction of sp³-hybridized carbons (Fsp3) is 0.316. The van der Waals surface area contributed by atoms with Crippen molar-refractivity contribution in [2.75, 3.05) is 5.75 Å². The van der Waals surface area contributed by atoms with Gasteiger partial charge in [0.25, 0.3) is 0 Å². The van der Waals surface area contributed by atoms with Crippen LogP contribution in [0.15, 0.2) is 36.4 Å². The number of halogens is 2. The Morgan fingerprint density at radius 2 is 1.79 bits per heavy atom. The minimum Gasteiger partial charge on any atom is -0.349 e. The average molecular weight is 382 g/mol. The Morgan fingerprint density at radius 1 is 1.12 bits per heavy atom. The number of thioether (sulfide) groups is 1. The van der Waals surface area contributed by atoms with E-state index in [1.807, 2.05) is 25.1 Å². The van der Waals surface area contributed by atoms with E-state index in [9.17, 15) is 4.79 Å². The Balaban J connectivity index is 1.85. The summed E-state index contributed by atoms with van der Waals surface area (Å²) >= 11 is 13.8. The summed E-state index contributed by atoms with van der Waals surface area (Å²) in [4.78, 5) is 12.1. The number of carbonyl (C=O) groups is 1. The predicted molar refractivity (Wildman–Crippen MR) is 105 cm³/mol. The molecule has 0 heterocycles. The van der Waals surface area contributed by atoms with E-state index in [1.54, 1.807) is 0 Å². The number of amides is 1. The van der Waals surface area contributed by atoms with Crippen LogP contribution >= 0.6 is 35.0 Å². The zero-order chi connectivity index (χ0) is 17.7. The van der Waals surface area contributed by atoms with E-state index in [4.69, 9.17) is 23.2 Å². The van der Waals surface area contributed by atoms with E-state index in [1.165, 1.54) is 22.9 Å². The summed E-state index contributed by atoms with van der Waals surface area (Å²) in [6, 6.07) is 11.7. The lowest BCUT2D eigenvalue weighted by atomic mass is 10.0. The van der Waals surface area contributed by atoms with Crippen molar-refractivity contribution in [2.45, 2.75) is 32.6 Å². The summed E-state index contributed by atoms with van der Waals surface area (Å²) in [5.41, 5.74) is 4.48. The first kappa shape index (κ1) is 19.2. The number of hydrogen-bond donors (Lipinski definition) is 1. The van der Waals surface area contributed by atoms with Gasteiger partial charge in [-0.1, -0.05) is 47.5 Å². The molecule has 2 nitrogen and oxygen atoms in total. The average Bonchev–Trinajstić information content (AvgIpc) is 2.52. The number of benzene rings is 2. The van der Waals surface area contributed by atoms with Gasteiger partial charge in [-0.25, -0.2) is 0 Å². The van der Waals surface area contributed by atoms with Gasteiger partial charge in [-0.3, -0.25) is 4.79 Å². The first-order chi connectivity index (χ1) is 11.4. The van der Waals surface area contributed by atoms with Crippen molar-refractivity contribution >= 4 is 40.9 Å². The predicted octanol–water partition coefficient (Wildman–Crippen LogP) is 5.72. The van der Waals surface area contributed by atoms with Crippen molar-refractivity contribution in [3.63, 3.8) is 0 Å². The van der Waals surface area contributed by atoms with Gasteiger partial charge in [-0.15, -0.1) is 11.8 Å². The van der Waals surface area contributed by atoms with Gasteiger partial charge in [0.05, 0.1) is 11.8 Å². The second-order valence-corrected chi connectivity index (χ2v) is 7.63. The summed E-state index contributed by atoms with van der Waals surface area (Å²) in [6.07, 6.45) is 0. The third-order valence-electron chi connectivity index (χ3n) is 3.95. The molecule has 0 saturated heterocycles. The normalized spacial score (nSPS) is 12.0. The van der Waals surface area contributed by atoms with Gasteiger partial charge in [-0.2, -0.15) is 0 Å². The monoisotopic (exact) mass is 381 g/mol. The first-order valence-electron chi connectivity index (χ1n) is 7.75. The molecule has 24 heavy (non-hydrogen) atoms. The second kappa shape index (κ2) is 8.80. The smallest absolute Gasteiger partial charge is 0.230 e. The third kappa shape index (κ3) is 5.17. The van der Waals surface area contributed by atoms with Crippen LogP contribution in [-0.2, 0) is 10.5 Å². The van der Waals surface area contributed by atoms with Gasteiger partial charge < -0.3 is 5.32 Å². The van der Waals surface area contributed by atoms with Crippen LogP contribution in [0.25, 0.3) is 0 Å². The first-order valence-corrected chi connectivity index (χ1v) is 9.66. The summed E-state index contributed by atoms with van der Waals surface area (Å²) in [5.74, 6) is 0.995. The molecule has 0 saturated carbocycles. The van der Waals surface area contributed by atoms with Crippen LogP contribution in [0.3, 0.4) is 0 Å². The highest BCUT2D eigenvalue weighted by molar-refractivity contribution is 7.99. The number of rotatable bonds is 6. The molecule has 0 aromatic heterocycles. The lowest BCUT2D eigenvalue weighted by molar-refractivity contribution is -0.119. The van der Waals surface area contributed by atoms with E-state index in [0.29, 0.717) is 21.6 Å². The molecule has 0 aliphatic rings. The van der Waals surface area contributed by atoms with Gasteiger partial charge in [0.15, 0.2) is 0 Å². The van der Waals surface area contributed by atoms with Crippen LogP contribution in [-0.4, -0.2) is 11.7 Å². The fourth-order valence-corrected chi connectivity index (χ4v) is 3.89. The van der Waals surface area contributed by atoms with Crippen molar-refractivity contribution in [3.05, 3.63) is 68.7 Å². The quantitative estimate of drug-likeness (QED) is 0.692. The van der Waals surface area contributed by atoms with E-state index in [2.05, 4.69) is 37.4 Å². The molecular formula is C19H21Cl2NOS. The van der Waals surface area contributed by atoms with Crippen molar-refractivity contribution in [1.82, 2.24) is 5.32 Å². The molecular weight excluding hydrogens is 361 g/mol. The minimum absolute atomic E-state index is 0.00824. The van der Waals surface area contributed by atoms with Crippen LogP contribution < -0.4 is 5.32 Å². The molecule has 1 amide bonds. The number of nitrogens with one attached hydrogen (secondary N) is 1. The van der Waals surface area contributed by atoms with Crippen LogP contribution in [0.4, 0.5) is 0 Å². The van der Waals surface area contributed by atoms with Gasteiger partial charge in [0, 0.05) is 15.8 Å². The van der Waals surface area contributed by atoms with E-state index < -0.39 is 0 Å². The van der Waals surface area contributed by atoms with Crippen LogP contribution in [0.1, 0.15) is 35.2 Å². The number of carbonyl (C=O) groups excluding carboxylic acids is 1. The highest BCUT2D eigenvalue weighted by Crippen LogP contribution is 2.28. The Labute approximate surface area is 157 Å². The number of aryl methyl sites for hydroxylation is 2. The van der Waals surface area contributed by atoms with Crippen molar-refractivity contribution in [2.24, 2.45) is 0 Å². The maximum atomic E-state index is 12.1. The lowest BCUT2D eigenvalue weighted by Crippen LogP contribution is -2.28. The molecule has 0 fully saturated rings. The molecule has 1 N–H and O–H groups in total. The maximum absolute atomic E-state index is 12.1. The van der Waals surface area contributed by atoms with Crippen LogP contribution in [0.5, 0.6) is 0 Å². The zero-order valence-corrected chi connectivity index (χ0v) is 16.4. The molecule has 2 aromatic rings. The summed E-state index contributed by atoms with van der Waals surface area (Å²) < 4.78 is 0. The maximum Gasteiger partial charge on any atom is 0.230 e. The van der Waals surface area contributed by atoms with Gasteiger partial charge in [-0.05, 0) is 55.2 Å². The van der Waals surface area contributed by atoms with E-state index in [-0.39, 0.29) is 11.9 Å². The highest BCUT2D eigenvalue weighted by Gasteiger charge is 2.11. The third-order valence-corrected chi connectivity index (χ3v) is 5.62. The highest BCUT2D eigenvalue weighted by atomic mass is 35.5. The second-order valence-electron chi connectivity index (χ2n) is 5.83. The Hall–Kier alpha value is -1.16. The van der Waals surface area contributed by atoms with Gasteiger partial charge >= 0.3 is 0 Å². The summed E-state index contributed by atoms with van der Waals surface area (Å²) in [6.45, 7) is 6.16. The Morgan fingerprint density at radius 3 is 2.42 bits per heavy atom. The molecule has 0 spiro atoms. The molecule has 0 radical (unpaired) electrons. The molecule has 2 aromatic carbocycles. The van der Waals surface area contributed by atoms with E-state index >= 15 is 0 Å². The van der Waals surface area contributed by atoms with Crippen LogP contribution in [0.2, 0.25) is 10.0 Å². The number of hydrogen-bond acceptors (Lipinski definition) is 2. The molecule has 0 aliphatic heterocycles. The Kier molecular flexibility index (Phi) is 7.02. The molecule has 1 atom stereocenters. The summed E-state index contributed by atoms with van der Waals surface area (Å²) in [5, 5.41) is 4.31. The molecule has 0 unspecified atom stereocenters. The molecule has 128 valence electrons.